The third kappa shape index (κ3) is 1.52. The van der Waals surface area contributed by atoms with Gasteiger partial charge >= 0.3 is 0 Å². The Morgan fingerprint density at radius 3 is 2.64 bits per heavy atom. The van der Waals surface area contributed by atoms with Crippen LogP contribution in [0.3, 0.4) is 0 Å². The molecule has 0 atom stereocenters. The molecule has 56 valence electrons. The van der Waals surface area contributed by atoms with Crippen molar-refractivity contribution in [2.24, 2.45) is 0 Å². The number of amides is 1. The molecular weight excluding hydrogens is 139 g/mol. The Morgan fingerprint density at radius 1 is 1.45 bits per heavy atom. The molecule has 0 saturated carbocycles. The van der Waals surface area contributed by atoms with Crippen molar-refractivity contribution in [1.82, 2.24) is 5.23 Å². The number of carbonyl (C=O) groups excluding carboxylic acids is 1. The first kappa shape index (κ1) is 7.66. The number of nitrogen functional groups attached to an aromatic ring is 1. The fraction of sp³-hybridized carbons (Fsp3) is 0. The van der Waals surface area contributed by atoms with E-state index in [9.17, 15) is 4.79 Å². The van der Waals surface area contributed by atoms with E-state index in [1.165, 1.54) is 0 Å². The first-order chi connectivity index (χ1) is 5.25. The van der Waals surface area contributed by atoms with Crippen LogP contribution in [0, 0.1) is 0 Å². The van der Waals surface area contributed by atoms with Gasteiger partial charge in [-0.2, -0.15) is 0 Å². The standard InChI is InChI=1S/C7H9BN2O/c8-10-7(11)5-3-1-2-4-6(5)9/h1-4H,8-9H2,(H,10,11). The van der Waals surface area contributed by atoms with Gasteiger partial charge in [0.2, 0.25) is 13.9 Å². The van der Waals surface area contributed by atoms with Gasteiger partial charge in [0.05, 0.1) is 5.56 Å². The summed E-state index contributed by atoms with van der Waals surface area (Å²) < 4.78 is 0. The molecule has 11 heavy (non-hydrogen) atoms. The monoisotopic (exact) mass is 148 g/mol. The second-order valence-electron chi connectivity index (χ2n) is 2.17. The van der Waals surface area contributed by atoms with E-state index >= 15 is 0 Å². The van der Waals surface area contributed by atoms with Gasteiger partial charge in [0.25, 0.3) is 0 Å². The second kappa shape index (κ2) is 3.10. The van der Waals surface area contributed by atoms with Crippen LogP contribution in [-0.4, -0.2) is 13.9 Å². The SMILES string of the molecule is BNC(=O)c1ccccc1N. The third-order valence-electron chi connectivity index (χ3n) is 1.43. The van der Waals surface area contributed by atoms with Crippen LogP contribution in [0.1, 0.15) is 10.4 Å². The summed E-state index contributed by atoms with van der Waals surface area (Å²) in [6.07, 6.45) is 0. The van der Waals surface area contributed by atoms with Gasteiger partial charge in [0, 0.05) is 5.69 Å². The number of hydrogen-bond donors (Lipinski definition) is 2. The maximum atomic E-state index is 11.0. The van der Waals surface area contributed by atoms with Gasteiger partial charge in [-0.1, -0.05) is 12.1 Å². The Labute approximate surface area is 66.0 Å². The molecule has 0 aliphatic rings. The van der Waals surface area contributed by atoms with Gasteiger partial charge in [0.1, 0.15) is 0 Å². The van der Waals surface area contributed by atoms with E-state index in [1.54, 1.807) is 32.2 Å². The quantitative estimate of drug-likeness (QED) is 0.418. The minimum absolute atomic E-state index is 0.150. The van der Waals surface area contributed by atoms with Gasteiger partial charge in [-0.05, 0) is 12.1 Å². The molecule has 0 radical (unpaired) electrons. The maximum absolute atomic E-state index is 11.0. The molecule has 1 aromatic carbocycles. The lowest BCUT2D eigenvalue weighted by Crippen LogP contribution is -2.20. The molecule has 1 rings (SSSR count). The highest BCUT2D eigenvalue weighted by molar-refractivity contribution is 6.19. The molecule has 0 heterocycles. The Morgan fingerprint density at radius 2 is 2.09 bits per heavy atom. The van der Waals surface area contributed by atoms with Crippen molar-refractivity contribution in [3.63, 3.8) is 0 Å². The van der Waals surface area contributed by atoms with E-state index in [2.05, 4.69) is 5.23 Å². The highest BCUT2D eigenvalue weighted by Gasteiger charge is 2.04. The van der Waals surface area contributed by atoms with Crippen molar-refractivity contribution >= 4 is 19.6 Å². The van der Waals surface area contributed by atoms with Crippen LogP contribution in [0.5, 0.6) is 0 Å². The zero-order valence-electron chi connectivity index (χ0n) is 6.29. The Bertz CT molecular complexity index is 275. The average Bonchev–Trinajstić information content (AvgIpc) is 2.04. The molecule has 0 saturated heterocycles. The van der Waals surface area contributed by atoms with Crippen LogP contribution in [0.25, 0.3) is 0 Å². The van der Waals surface area contributed by atoms with Crippen molar-refractivity contribution in [1.29, 1.82) is 0 Å². The van der Waals surface area contributed by atoms with Gasteiger partial charge in [-0.15, -0.1) is 0 Å². The lowest BCUT2D eigenvalue weighted by atomic mass is 10.1. The lowest BCUT2D eigenvalue weighted by Gasteiger charge is -2.01. The summed E-state index contributed by atoms with van der Waals surface area (Å²) in [4.78, 5) is 11.0. The Balaban J connectivity index is 3.03. The predicted octanol–water partition coefficient (Wildman–Crippen LogP) is -0.453. The molecule has 0 unspecified atom stereocenters. The molecule has 0 fully saturated rings. The number of para-hydroxylation sites is 1. The summed E-state index contributed by atoms with van der Waals surface area (Å²) in [7, 11) is 1.58. The minimum atomic E-state index is -0.150. The predicted molar refractivity (Wildman–Crippen MR) is 46.9 cm³/mol. The van der Waals surface area contributed by atoms with E-state index in [-0.39, 0.29) is 5.91 Å². The zero-order valence-corrected chi connectivity index (χ0v) is 6.29. The second-order valence-corrected chi connectivity index (χ2v) is 2.17. The molecule has 4 heteroatoms. The Hall–Kier alpha value is -1.45. The highest BCUT2D eigenvalue weighted by Crippen LogP contribution is 2.08. The molecule has 1 aromatic rings. The van der Waals surface area contributed by atoms with E-state index < -0.39 is 0 Å². The van der Waals surface area contributed by atoms with Crippen LogP contribution < -0.4 is 11.0 Å². The van der Waals surface area contributed by atoms with Crippen molar-refractivity contribution in [3.05, 3.63) is 29.8 Å². The van der Waals surface area contributed by atoms with Gasteiger partial charge < -0.3 is 11.0 Å². The largest absolute Gasteiger partial charge is 0.402 e. The maximum Gasteiger partial charge on any atom is 0.240 e. The molecule has 0 bridgehead atoms. The lowest BCUT2D eigenvalue weighted by molar-refractivity contribution is 0.0982. The normalized spacial score (nSPS) is 9.09. The molecule has 1 amide bonds. The topological polar surface area (TPSA) is 55.1 Å². The van der Waals surface area contributed by atoms with Crippen molar-refractivity contribution < 1.29 is 4.79 Å². The molecule has 0 aliphatic heterocycles. The Kier molecular flexibility index (Phi) is 2.16. The summed E-state index contributed by atoms with van der Waals surface area (Å²) >= 11 is 0. The number of rotatable bonds is 1. The summed E-state index contributed by atoms with van der Waals surface area (Å²) in [5.74, 6) is -0.150. The van der Waals surface area contributed by atoms with Gasteiger partial charge in [-0.25, -0.2) is 0 Å². The van der Waals surface area contributed by atoms with Gasteiger partial charge in [0.15, 0.2) is 0 Å². The number of nitrogens with one attached hydrogen (secondary N) is 1. The average molecular weight is 148 g/mol. The van der Waals surface area contributed by atoms with Crippen LogP contribution in [0.2, 0.25) is 0 Å². The molecule has 0 aromatic heterocycles. The highest BCUT2D eigenvalue weighted by atomic mass is 16.1. The summed E-state index contributed by atoms with van der Waals surface area (Å²) in [5, 5.41) is 2.50. The number of benzene rings is 1. The number of nitrogens with two attached hydrogens (primary N) is 1. The van der Waals surface area contributed by atoms with Crippen molar-refractivity contribution in [2.75, 3.05) is 5.73 Å². The first-order valence-electron chi connectivity index (χ1n) is 3.32. The minimum Gasteiger partial charge on any atom is -0.402 e. The van der Waals surface area contributed by atoms with Crippen molar-refractivity contribution in [3.8, 4) is 0 Å². The molecule has 0 aliphatic carbocycles. The van der Waals surface area contributed by atoms with Crippen LogP contribution >= 0.6 is 0 Å². The fourth-order valence-corrected chi connectivity index (χ4v) is 0.838. The smallest absolute Gasteiger partial charge is 0.240 e. The fourth-order valence-electron chi connectivity index (χ4n) is 0.838. The van der Waals surface area contributed by atoms with Crippen LogP contribution in [-0.2, 0) is 0 Å². The van der Waals surface area contributed by atoms with Gasteiger partial charge in [-0.3, -0.25) is 4.79 Å². The number of hydrogen-bond acceptors (Lipinski definition) is 2. The summed E-state index contributed by atoms with van der Waals surface area (Å²) in [6, 6.07) is 6.96. The summed E-state index contributed by atoms with van der Waals surface area (Å²) in [5.41, 5.74) is 6.57. The van der Waals surface area contributed by atoms with Crippen molar-refractivity contribution in [2.45, 2.75) is 0 Å². The molecule has 3 N–H and O–H groups in total. The molecule has 3 nitrogen and oxygen atoms in total. The van der Waals surface area contributed by atoms with Crippen LogP contribution in [0.15, 0.2) is 24.3 Å². The van der Waals surface area contributed by atoms with E-state index in [0.717, 1.165) is 0 Å². The molecule has 0 spiro atoms. The van der Waals surface area contributed by atoms with Crippen LogP contribution in [0.4, 0.5) is 5.69 Å². The summed E-state index contributed by atoms with van der Waals surface area (Å²) in [6.45, 7) is 0. The first-order valence-corrected chi connectivity index (χ1v) is 3.32. The van der Waals surface area contributed by atoms with E-state index in [1.807, 2.05) is 0 Å². The van der Waals surface area contributed by atoms with E-state index in [0.29, 0.717) is 11.3 Å². The van der Waals surface area contributed by atoms with E-state index in [4.69, 9.17) is 5.73 Å². The zero-order chi connectivity index (χ0) is 8.27. The number of carbonyl (C=O) groups is 1. The molecular formula is C7H9BN2O. The number of anilines is 1. The third-order valence-corrected chi connectivity index (χ3v) is 1.43.